The van der Waals surface area contributed by atoms with Gasteiger partial charge in [-0.1, -0.05) is 0 Å². The van der Waals surface area contributed by atoms with E-state index in [1.54, 1.807) is 0 Å². The van der Waals surface area contributed by atoms with Gasteiger partial charge in [0.05, 0.1) is 19.3 Å². The van der Waals surface area contributed by atoms with E-state index >= 15 is 0 Å². The fourth-order valence-electron chi connectivity index (χ4n) is 1.32. The number of aliphatic hydroxyl groups excluding tert-OH is 1. The van der Waals surface area contributed by atoms with E-state index in [-0.39, 0.29) is 12.4 Å². The van der Waals surface area contributed by atoms with Crippen LogP contribution in [0.15, 0.2) is 0 Å². The first kappa shape index (κ1) is 10.5. The molecule has 1 unspecified atom stereocenters. The quantitative estimate of drug-likeness (QED) is 0.510. The van der Waals surface area contributed by atoms with Gasteiger partial charge < -0.3 is 14.6 Å². The Morgan fingerprint density at radius 2 is 2.15 bits per heavy atom. The van der Waals surface area contributed by atoms with Gasteiger partial charge in [0, 0.05) is 12.8 Å². The second kappa shape index (κ2) is 5.98. The summed E-state index contributed by atoms with van der Waals surface area (Å²) in [5.74, 6) is 2.54. The fraction of sp³-hybridized carbons (Fsp3) is 0.800. The molecule has 1 rings (SSSR count). The van der Waals surface area contributed by atoms with Crippen molar-refractivity contribution >= 4 is 0 Å². The van der Waals surface area contributed by atoms with Crippen molar-refractivity contribution in [2.45, 2.75) is 38.1 Å². The highest BCUT2D eigenvalue weighted by molar-refractivity contribution is 4.83. The standard InChI is InChI=1S/C10H16O3/c1-2-3-4-5-9(11)8-10-12-6-7-13-10/h1,9-11H,3-8H2. The lowest BCUT2D eigenvalue weighted by atomic mass is 10.1. The van der Waals surface area contributed by atoms with Crippen LogP contribution in [0.4, 0.5) is 0 Å². The fourth-order valence-corrected chi connectivity index (χ4v) is 1.32. The number of hydrogen-bond acceptors (Lipinski definition) is 3. The highest BCUT2D eigenvalue weighted by atomic mass is 16.7. The maximum atomic E-state index is 9.51. The predicted octanol–water partition coefficient (Wildman–Crippen LogP) is 0.914. The Morgan fingerprint density at radius 3 is 2.77 bits per heavy atom. The number of unbranched alkanes of at least 4 members (excludes halogenated alkanes) is 1. The molecule has 74 valence electrons. The Hall–Kier alpha value is -0.560. The van der Waals surface area contributed by atoms with E-state index in [2.05, 4.69) is 5.92 Å². The van der Waals surface area contributed by atoms with Gasteiger partial charge in [-0.2, -0.15) is 0 Å². The maximum Gasteiger partial charge on any atom is 0.160 e. The summed E-state index contributed by atoms with van der Waals surface area (Å²) in [6, 6.07) is 0. The van der Waals surface area contributed by atoms with E-state index in [4.69, 9.17) is 15.9 Å². The molecule has 13 heavy (non-hydrogen) atoms. The van der Waals surface area contributed by atoms with E-state index in [0.717, 1.165) is 19.3 Å². The third-order valence-electron chi connectivity index (χ3n) is 2.01. The first-order valence-electron chi connectivity index (χ1n) is 4.67. The summed E-state index contributed by atoms with van der Waals surface area (Å²) in [6.07, 6.45) is 7.42. The molecule has 1 N–H and O–H groups in total. The van der Waals surface area contributed by atoms with Gasteiger partial charge in [0.1, 0.15) is 0 Å². The molecule has 0 aromatic heterocycles. The Kier molecular flexibility index (Phi) is 4.84. The Balaban J connectivity index is 2.03. The van der Waals surface area contributed by atoms with Crippen molar-refractivity contribution in [3.8, 4) is 12.3 Å². The first-order chi connectivity index (χ1) is 6.33. The molecule has 1 heterocycles. The molecule has 3 heteroatoms. The van der Waals surface area contributed by atoms with Crippen LogP contribution in [-0.2, 0) is 9.47 Å². The third kappa shape index (κ3) is 4.28. The van der Waals surface area contributed by atoms with E-state index in [0.29, 0.717) is 19.6 Å². The van der Waals surface area contributed by atoms with Crippen molar-refractivity contribution in [2.24, 2.45) is 0 Å². The van der Waals surface area contributed by atoms with Gasteiger partial charge in [0.25, 0.3) is 0 Å². The molecule has 0 aliphatic carbocycles. The Morgan fingerprint density at radius 1 is 1.46 bits per heavy atom. The molecule has 0 spiro atoms. The van der Waals surface area contributed by atoms with Crippen LogP contribution in [0.5, 0.6) is 0 Å². The SMILES string of the molecule is C#CCCCC(O)CC1OCCO1. The largest absolute Gasteiger partial charge is 0.393 e. The molecule has 0 aromatic carbocycles. The second-order valence-electron chi connectivity index (χ2n) is 3.16. The highest BCUT2D eigenvalue weighted by Crippen LogP contribution is 2.13. The third-order valence-corrected chi connectivity index (χ3v) is 2.01. The number of aliphatic hydroxyl groups is 1. The van der Waals surface area contributed by atoms with Crippen LogP contribution in [0.3, 0.4) is 0 Å². The lowest BCUT2D eigenvalue weighted by Crippen LogP contribution is -2.18. The zero-order valence-corrected chi connectivity index (χ0v) is 7.74. The summed E-state index contributed by atoms with van der Waals surface area (Å²) in [4.78, 5) is 0. The summed E-state index contributed by atoms with van der Waals surface area (Å²) in [6.45, 7) is 1.28. The molecule has 1 atom stereocenters. The molecule has 0 aromatic rings. The molecule has 0 bridgehead atoms. The first-order valence-corrected chi connectivity index (χ1v) is 4.67. The van der Waals surface area contributed by atoms with E-state index in [1.165, 1.54) is 0 Å². The molecule has 3 nitrogen and oxygen atoms in total. The molecule has 1 aliphatic heterocycles. The molecule has 0 amide bonds. The van der Waals surface area contributed by atoms with Crippen LogP contribution in [0.1, 0.15) is 25.7 Å². The number of terminal acetylenes is 1. The summed E-state index contributed by atoms with van der Waals surface area (Å²) < 4.78 is 10.4. The molecule has 1 aliphatic rings. The van der Waals surface area contributed by atoms with Crippen molar-refractivity contribution in [3.05, 3.63) is 0 Å². The van der Waals surface area contributed by atoms with E-state index in [1.807, 2.05) is 0 Å². The average molecular weight is 184 g/mol. The topological polar surface area (TPSA) is 38.7 Å². The van der Waals surface area contributed by atoms with Gasteiger partial charge >= 0.3 is 0 Å². The van der Waals surface area contributed by atoms with E-state index in [9.17, 15) is 5.11 Å². The van der Waals surface area contributed by atoms with Crippen LogP contribution in [-0.4, -0.2) is 30.7 Å². The maximum absolute atomic E-state index is 9.51. The monoisotopic (exact) mass is 184 g/mol. The lowest BCUT2D eigenvalue weighted by molar-refractivity contribution is -0.0711. The van der Waals surface area contributed by atoms with Crippen molar-refractivity contribution in [1.82, 2.24) is 0 Å². The number of rotatable bonds is 5. The smallest absolute Gasteiger partial charge is 0.160 e. The molecule has 0 radical (unpaired) electrons. The van der Waals surface area contributed by atoms with Crippen LogP contribution in [0.25, 0.3) is 0 Å². The summed E-state index contributed by atoms with van der Waals surface area (Å²) in [7, 11) is 0. The number of hydrogen-bond donors (Lipinski definition) is 1. The molecule has 1 saturated heterocycles. The van der Waals surface area contributed by atoms with Gasteiger partial charge in [-0.3, -0.25) is 0 Å². The lowest BCUT2D eigenvalue weighted by Gasteiger charge is -2.13. The van der Waals surface area contributed by atoms with Crippen LogP contribution in [0, 0.1) is 12.3 Å². The van der Waals surface area contributed by atoms with Crippen molar-refractivity contribution in [3.63, 3.8) is 0 Å². The molecular formula is C10H16O3. The van der Waals surface area contributed by atoms with Gasteiger partial charge in [0.2, 0.25) is 0 Å². The minimum absolute atomic E-state index is 0.208. The highest BCUT2D eigenvalue weighted by Gasteiger charge is 2.19. The van der Waals surface area contributed by atoms with Gasteiger partial charge in [-0.05, 0) is 12.8 Å². The minimum Gasteiger partial charge on any atom is -0.393 e. The Bertz CT molecular complexity index is 167. The van der Waals surface area contributed by atoms with Crippen molar-refractivity contribution in [2.75, 3.05) is 13.2 Å². The van der Waals surface area contributed by atoms with Crippen molar-refractivity contribution < 1.29 is 14.6 Å². The molecule has 0 saturated carbocycles. The zero-order chi connectivity index (χ0) is 9.52. The minimum atomic E-state index is -0.351. The van der Waals surface area contributed by atoms with Gasteiger partial charge in [-0.25, -0.2) is 0 Å². The van der Waals surface area contributed by atoms with Gasteiger partial charge in [0.15, 0.2) is 6.29 Å². The summed E-state index contributed by atoms with van der Waals surface area (Å²) in [5, 5.41) is 9.51. The van der Waals surface area contributed by atoms with Crippen LogP contribution >= 0.6 is 0 Å². The van der Waals surface area contributed by atoms with Gasteiger partial charge in [-0.15, -0.1) is 12.3 Å². The molecule has 1 fully saturated rings. The normalized spacial score (nSPS) is 20.0. The van der Waals surface area contributed by atoms with Crippen LogP contribution in [0.2, 0.25) is 0 Å². The summed E-state index contributed by atoms with van der Waals surface area (Å²) in [5.41, 5.74) is 0. The average Bonchev–Trinajstić information content (AvgIpc) is 2.57. The zero-order valence-electron chi connectivity index (χ0n) is 7.74. The molecular weight excluding hydrogens is 168 g/mol. The van der Waals surface area contributed by atoms with Crippen molar-refractivity contribution in [1.29, 1.82) is 0 Å². The predicted molar refractivity (Wildman–Crippen MR) is 49.0 cm³/mol. The number of ether oxygens (including phenoxy) is 2. The Labute approximate surface area is 79.0 Å². The van der Waals surface area contributed by atoms with E-state index < -0.39 is 0 Å². The second-order valence-corrected chi connectivity index (χ2v) is 3.16. The summed E-state index contributed by atoms with van der Waals surface area (Å²) >= 11 is 0. The van der Waals surface area contributed by atoms with Crippen LogP contribution < -0.4 is 0 Å².